The van der Waals surface area contributed by atoms with Gasteiger partial charge in [-0.05, 0) is 13.3 Å². The van der Waals surface area contributed by atoms with Crippen molar-refractivity contribution in [2.45, 2.75) is 55.5 Å². The van der Waals surface area contributed by atoms with E-state index in [-0.39, 0.29) is 0 Å². The number of esters is 2. The van der Waals surface area contributed by atoms with Gasteiger partial charge in [-0.1, -0.05) is 43.4 Å². The second kappa shape index (κ2) is 8.07. The Morgan fingerprint density at radius 2 is 1.23 bits per heavy atom. The number of hydrogen-bond donors (Lipinski definition) is 1. The smallest absolute Gasteiger partial charge is 0.437 e. The summed E-state index contributed by atoms with van der Waals surface area (Å²) in [5, 5.41) is 8.90. The van der Waals surface area contributed by atoms with Crippen LogP contribution >= 0.6 is 22.6 Å². The highest BCUT2D eigenvalue weighted by atomic mass is 127. The van der Waals surface area contributed by atoms with E-state index in [1.54, 1.807) is 13.8 Å². The molecule has 1 unspecified atom stereocenters. The lowest BCUT2D eigenvalue weighted by atomic mass is 9.96. The van der Waals surface area contributed by atoms with Crippen LogP contribution in [0.2, 0.25) is 0 Å². The Kier molecular flexibility index (Phi) is 7.82. The van der Waals surface area contributed by atoms with Crippen LogP contribution in [-0.2, 0) is 19.1 Å². The average molecular weight is 508 g/mol. The average Bonchev–Trinajstić information content (AvgIpc) is 2.47. The summed E-state index contributed by atoms with van der Waals surface area (Å²) in [6, 6.07) is 0. The third kappa shape index (κ3) is 5.86. The molecule has 0 aromatic heterocycles. The second-order valence-corrected chi connectivity index (χ2v) is 8.95. The molecule has 0 saturated carbocycles. The van der Waals surface area contributed by atoms with Gasteiger partial charge in [-0.25, -0.2) is 4.79 Å². The molecule has 0 aliphatic carbocycles. The minimum Gasteiger partial charge on any atom is -0.464 e. The van der Waals surface area contributed by atoms with Crippen LogP contribution in [-0.4, -0.2) is 51.6 Å². The van der Waals surface area contributed by atoms with Crippen LogP contribution in [0.15, 0.2) is 0 Å². The first-order valence-corrected chi connectivity index (χ1v) is 8.29. The lowest BCUT2D eigenvalue weighted by Crippen LogP contribution is -2.63. The van der Waals surface area contributed by atoms with E-state index in [0.29, 0.717) is 6.42 Å². The quantitative estimate of drug-likeness (QED) is 0.247. The Labute approximate surface area is 159 Å². The van der Waals surface area contributed by atoms with E-state index in [4.69, 9.17) is 9.84 Å². The first kappa shape index (κ1) is 25.2. The monoisotopic (exact) mass is 508 g/mol. The molecule has 5 nitrogen and oxygen atoms in total. The normalized spacial score (nSPS) is 16.0. The van der Waals surface area contributed by atoms with E-state index in [9.17, 15) is 35.9 Å². The molecule has 1 N–H and O–H groups in total. The molecule has 0 radical (unpaired) electrons. The summed E-state index contributed by atoms with van der Waals surface area (Å²) in [6.45, 7) is 4.52. The van der Waals surface area contributed by atoms with Gasteiger partial charge in [-0.15, -0.1) is 0 Å². The Balaban J connectivity index is 5.05. The fourth-order valence-corrected chi connectivity index (χ4v) is 1.51. The highest BCUT2D eigenvalue weighted by Crippen LogP contribution is 2.44. The summed E-state index contributed by atoms with van der Waals surface area (Å²) in [7, 11) is 0. The van der Waals surface area contributed by atoms with Crippen LogP contribution in [0.4, 0.5) is 26.3 Å². The summed E-state index contributed by atoms with van der Waals surface area (Å²) >= 11 is 1.83. The molecule has 0 spiro atoms. The van der Waals surface area contributed by atoms with E-state index in [1.807, 2.05) is 22.6 Å². The van der Waals surface area contributed by atoms with Gasteiger partial charge >= 0.3 is 29.9 Å². The number of aliphatic hydroxyl groups is 1. The largest absolute Gasteiger partial charge is 0.464 e. The molecule has 0 rings (SSSR count). The third-order valence-corrected chi connectivity index (χ3v) is 4.60. The van der Waals surface area contributed by atoms with Crippen LogP contribution in [0.5, 0.6) is 0 Å². The van der Waals surface area contributed by atoms with Gasteiger partial charge in [0, 0.05) is 5.41 Å². The number of rotatable bonds is 7. The van der Waals surface area contributed by atoms with Crippen molar-refractivity contribution in [1.29, 1.82) is 0 Å². The number of carbonyl (C=O) groups excluding carboxylic acids is 2. The van der Waals surface area contributed by atoms with Crippen molar-refractivity contribution in [3.63, 3.8) is 0 Å². The van der Waals surface area contributed by atoms with Gasteiger partial charge in [0.15, 0.2) is 0 Å². The van der Waals surface area contributed by atoms with Crippen molar-refractivity contribution in [3.05, 3.63) is 0 Å². The molecule has 26 heavy (non-hydrogen) atoms. The summed E-state index contributed by atoms with van der Waals surface area (Å²) in [5.74, 6) is -3.54. The molecule has 12 heteroatoms. The zero-order valence-corrected chi connectivity index (χ0v) is 16.5. The van der Waals surface area contributed by atoms with Crippen molar-refractivity contribution < 1.29 is 50.5 Å². The third-order valence-electron chi connectivity index (χ3n) is 3.39. The number of halogens is 7. The van der Waals surface area contributed by atoms with Gasteiger partial charge in [-0.3, -0.25) is 4.79 Å². The van der Waals surface area contributed by atoms with Gasteiger partial charge in [0.05, 0.1) is 13.2 Å². The SMILES string of the molecule is CCC(C)(I)C(=O)OCC(C)(C)COC(=O)C(O)(C(F)(F)F)C(F)(F)F. The molecule has 0 aromatic carbocycles. The van der Waals surface area contributed by atoms with E-state index < -0.39 is 51.9 Å². The van der Waals surface area contributed by atoms with Crippen molar-refractivity contribution in [2.75, 3.05) is 13.2 Å². The Morgan fingerprint density at radius 1 is 0.885 bits per heavy atom. The lowest BCUT2D eigenvalue weighted by molar-refractivity contribution is -0.357. The fourth-order valence-electron chi connectivity index (χ4n) is 1.35. The number of hydrogen-bond acceptors (Lipinski definition) is 5. The highest BCUT2D eigenvalue weighted by Gasteiger charge is 2.76. The number of ether oxygens (including phenoxy) is 2. The lowest BCUT2D eigenvalue weighted by Gasteiger charge is -2.32. The first-order valence-electron chi connectivity index (χ1n) is 7.21. The van der Waals surface area contributed by atoms with E-state index in [0.717, 1.165) is 0 Å². The van der Waals surface area contributed by atoms with E-state index in [2.05, 4.69) is 4.74 Å². The Hall–Kier alpha value is -0.790. The van der Waals surface area contributed by atoms with Gasteiger partial charge in [0.25, 0.3) is 0 Å². The highest BCUT2D eigenvalue weighted by molar-refractivity contribution is 14.1. The molecule has 0 bridgehead atoms. The minimum atomic E-state index is -6.32. The van der Waals surface area contributed by atoms with Crippen molar-refractivity contribution >= 4 is 34.5 Å². The molecule has 0 amide bonds. The van der Waals surface area contributed by atoms with Gasteiger partial charge in [0.2, 0.25) is 0 Å². The van der Waals surface area contributed by atoms with Crippen molar-refractivity contribution in [3.8, 4) is 0 Å². The zero-order chi connectivity index (χ0) is 21.2. The molecular weight excluding hydrogens is 489 g/mol. The number of alkyl halides is 7. The fraction of sp³-hybridized carbons (Fsp3) is 0.857. The van der Waals surface area contributed by atoms with Crippen LogP contribution in [0, 0.1) is 5.41 Å². The van der Waals surface area contributed by atoms with E-state index in [1.165, 1.54) is 13.8 Å². The van der Waals surface area contributed by atoms with Crippen LogP contribution in [0.25, 0.3) is 0 Å². The minimum absolute atomic E-state index is 0.422. The molecule has 0 aliphatic heterocycles. The summed E-state index contributed by atoms with van der Waals surface area (Å²) in [6.07, 6.45) is -12.2. The first-order chi connectivity index (χ1) is 11.3. The Bertz CT molecular complexity index is 513. The predicted octanol–water partition coefficient (Wildman–Crippen LogP) is 3.56. The Morgan fingerprint density at radius 3 is 1.54 bits per heavy atom. The summed E-state index contributed by atoms with van der Waals surface area (Å²) < 4.78 is 83.5. The van der Waals surface area contributed by atoms with Crippen LogP contribution < -0.4 is 0 Å². The maximum absolute atomic E-state index is 12.6. The standard InChI is InChI=1S/C14H19F6IO5/c1-5-11(4,21)8(22)25-6-10(2,3)7-26-9(23)12(24,13(15,16)17)14(18,19)20/h24H,5-7H2,1-4H3. The second-order valence-electron chi connectivity index (χ2n) is 6.57. The number of carbonyl (C=O) groups is 2. The van der Waals surface area contributed by atoms with Crippen LogP contribution in [0.1, 0.15) is 34.1 Å². The van der Waals surface area contributed by atoms with Gasteiger partial charge < -0.3 is 14.6 Å². The van der Waals surface area contributed by atoms with Crippen molar-refractivity contribution in [2.24, 2.45) is 5.41 Å². The molecular formula is C14H19F6IO5. The molecule has 0 heterocycles. The molecule has 0 aromatic rings. The molecule has 0 fully saturated rings. The molecule has 0 aliphatic rings. The predicted molar refractivity (Wildman–Crippen MR) is 85.5 cm³/mol. The van der Waals surface area contributed by atoms with Gasteiger partial charge in [0.1, 0.15) is 3.42 Å². The molecule has 1 atom stereocenters. The summed E-state index contributed by atoms with van der Waals surface area (Å²) in [5.41, 5.74) is -6.93. The molecule has 154 valence electrons. The maximum atomic E-state index is 12.6. The zero-order valence-electron chi connectivity index (χ0n) is 14.3. The van der Waals surface area contributed by atoms with Crippen molar-refractivity contribution in [1.82, 2.24) is 0 Å². The topological polar surface area (TPSA) is 72.8 Å². The maximum Gasteiger partial charge on any atom is 0.437 e. The van der Waals surface area contributed by atoms with Gasteiger partial charge in [-0.2, -0.15) is 26.3 Å². The molecule has 0 saturated heterocycles. The summed E-state index contributed by atoms with van der Waals surface area (Å²) in [4.78, 5) is 23.2. The van der Waals surface area contributed by atoms with Crippen LogP contribution in [0.3, 0.4) is 0 Å². The van der Waals surface area contributed by atoms with E-state index >= 15 is 0 Å².